The first-order valence-corrected chi connectivity index (χ1v) is 4.22. The maximum absolute atomic E-state index is 9.68. The van der Waals surface area contributed by atoms with Crippen LogP contribution in [0.15, 0.2) is 11.6 Å². The van der Waals surface area contributed by atoms with E-state index >= 15 is 0 Å². The molecule has 0 bridgehead atoms. The van der Waals surface area contributed by atoms with Gasteiger partial charge in [0.25, 0.3) is 0 Å². The molecule has 0 aromatic heterocycles. The molecule has 1 heteroatoms. The smallest absolute Gasteiger partial charge is 0.0622 e. The lowest BCUT2D eigenvalue weighted by Gasteiger charge is -2.31. The van der Waals surface area contributed by atoms with Gasteiger partial charge in [-0.2, -0.15) is 0 Å². The number of hydrogen-bond donors (Lipinski definition) is 1. The maximum atomic E-state index is 9.68. The molecule has 1 aliphatic rings. The average molecular weight is 153 g/mol. The van der Waals surface area contributed by atoms with Crippen LogP contribution in [0, 0.1) is 12.3 Å². The van der Waals surface area contributed by atoms with Gasteiger partial charge in [-0.05, 0) is 46.0 Å². The first-order valence-electron chi connectivity index (χ1n) is 4.22. The van der Waals surface area contributed by atoms with Gasteiger partial charge in [0.15, 0.2) is 0 Å². The van der Waals surface area contributed by atoms with E-state index in [1.54, 1.807) is 0 Å². The Labute approximate surface area is 69.1 Å². The van der Waals surface area contributed by atoms with Crippen LogP contribution in [-0.2, 0) is 0 Å². The second-order valence-electron chi connectivity index (χ2n) is 3.97. The Morgan fingerprint density at radius 2 is 2.09 bits per heavy atom. The summed E-state index contributed by atoms with van der Waals surface area (Å²) in [5, 5.41) is 9.68. The van der Waals surface area contributed by atoms with Crippen molar-refractivity contribution in [1.82, 2.24) is 0 Å². The van der Waals surface area contributed by atoms with Gasteiger partial charge in [0.1, 0.15) is 0 Å². The van der Waals surface area contributed by atoms with E-state index in [2.05, 4.69) is 19.4 Å². The van der Waals surface area contributed by atoms with Gasteiger partial charge >= 0.3 is 0 Å². The summed E-state index contributed by atoms with van der Waals surface area (Å²) >= 11 is 0. The molecule has 11 heavy (non-hydrogen) atoms. The molecule has 0 aliphatic heterocycles. The molecule has 0 fully saturated rings. The molecule has 0 saturated heterocycles. The van der Waals surface area contributed by atoms with E-state index in [9.17, 15) is 5.11 Å². The second-order valence-corrected chi connectivity index (χ2v) is 3.97. The quantitative estimate of drug-likeness (QED) is 0.613. The van der Waals surface area contributed by atoms with Crippen LogP contribution in [0.4, 0.5) is 0 Å². The fraction of sp³-hybridized carbons (Fsp3) is 0.700. The Morgan fingerprint density at radius 3 is 2.45 bits per heavy atom. The van der Waals surface area contributed by atoms with Gasteiger partial charge < -0.3 is 5.11 Å². The molecule has 1 radical (unpaired) electrons. The molecular weight excluding hydrogens is 136 g/mol. The largest absolute Gasteiger partial charge is 0.390 e. The SMILES string of the molecule is CC1=CCC(C(C)(C)O)C[CH]1. The molecule has 1 aliphatic carbocycles. The lowest BCUT2D eigenvalue weighted by molar-refractivity contribution is 0.0168. The van der Waals surface area contributed by atoms with Gasteiger partial charge in [0.05, 0.1) is 5.60 Å². The van der Waals surface area contributed by atoms with Crippen LogP contribution in [0.1, 0.15) is 33.6 Å². The fourth-order valence-corrected chi connectivity index (χ4v) is 1.41. The number of allylic oxidation sites excluding steroid dienone is 2. The van der Waals surface area contributed by atoms with E-state index in [4.69, 9.17) is 0 Å². The number of aliphatic hydroxyl groups is 1. The molecule has 1 N–H and O–H groups in total. The highest BCUT2D eigenvalue weighted by atomic mass is 16.3. The molecular formula is C10H17O. The molecule has 1 rings (SSSR count). The first-order chi connectivity index (χ1) is 5.00. The zero-order valence-corrected chi connectivity index (χ0v) is 7.59. The zero-order valence-electron chi connectivity index (χ0n) is 7.59. The van der Waals surface area contributed by atoms with E-state index in [1.807, 2.05) is 13.8 Å². The predicted octanol–water partition coefficient (Wildman–Crippen LogP) is 2.32. The molecule has 0 aromatic rings. The first kappa shape index (κ1) is 8.79. The highest BCUT2D eigenvalue weighted by Gasteiger charge is 2.27. The van der Waals surface area contributed by atoms with Crippen molar-refractivity contribution in [3.8, 4) is 0 Å². The summed E-state index contributed by atoms with van der Waals surface area (Å²) in [6, 6.07) is 0. The standard InChI is InChI=1S/C10H17O/c1-8-4-6-9(7-5-8)10(2,3)11/h4-5,9,11H,6-7H2,1-3H3. The van der Waals surface area contributed by atoms with E-state index in [0.29, 0.717) is 5.92 Å². The minimum atomic E-state index is -0.520. The molecule has 1 atom stereocenters. The Hall–Kier alpha value is -0.300. The molecule has 0 aromatic carbocycles. The van der Waals surface area contributed by atoms with E-state index in [1.165, 1.54) is 5.57 Å². The van der Waals surface area contributed by atoms with Crippen molar-refractivity contribution in [1.29, 1.82) is 0 Å². The minimum Gasteiger partial charge on any atom is -0.390 e. The highest BCUT2D eigenvalue weighted by molar-refractivity contribution is 5.15. The van der Waals surface area contributed by atoms with E-state index < -0.39 is 5.60 Å². The van der Waals surface area contributed by atoms with Gasteiger partial charge in [-0.3, -0.25) is 0 Å². The zero-order chi connectivity index (χ0) is 8.48. The number of rotatable bonds is 1. The summed E-state index contributed by atoms with van der Waals surface area (Å²) < 4.78 is 0. The van der Waals surface area contributed by atoms with Gasteiger partial charge in [0.2, 0.25) is 0 Å². The third kappa shape index (κ3) is 2.33. The van der Waals surface area contributed by atoms with Crippen molar-refractivity contribution in [3.63, 3.8) is 0 Å². The Morgan fingerprint density at radius 1 is 1.45 bits per heavy atom. The highest BCUT2D eigenvalue weighted by Crippen LogP contribution is 2.30. The average Bonchev–Trinajstić information content (AvgIpc) is 1.86. The monoisotopic (exact) mass is 153 g/mol. The van der Waals surface area contributed by atoms with Crippen molar-refractivity contribution in [2.45, 2.75) is 39.2 Å². The maximum Gasteiger partial charge on any atom is 0.0622 e. The predicted molar refractivity (Wildman–Crippen MR) is 47.1 cm³/mol. The van der Waals surface area contributed by atoms with Crippen LogP contribution in [-0.4, -0.2) is 10.7 Å². The van der Waals surface area contributed by atoms with Crippen LogP contribution >= 0.6 is 0 Å². The summed E-state index contributed by atoms with van der Waals surface area (Å²) in [6.07, 6.45) is 6.44. The van der Waals surface area contributed by atoms with Gasteiger partial charge in [-0.25, -0.2) is 0 Å². The van der Waals surface area contributed by atoms with Gasteiger partial charge in [-0.15, -0.1) is 0 Å². The summed E-state index contributed by atoms with van der Waals surface area (Å²) in [5.74, 6) is 0.409. The van der Waals surface area contributed by atoms with E-state index in [-0.39, 0.29) is 0 Å². The summed E-state index contributed by atoms with van der Waals surface area (Å²) in [7, 11) is 0. The van der Waals surface area contributed by atoms with Crippen molar-refractivity contribution < 1.29 is 5.11 Å². The molecule has 0 amide bonds. The lowest BCUT2D eigenvalue weighted by Crippen LogP contribution is -2.31. The van der Waals surface area contributed by atoms with Crippen molar-refractivity contribution in [2.24, 2.45) is 5.92 Å². The normalized spacial score (nSPS) is 26.5. The molecule has 1 nitrogen and oxygen atoms in total. The van der Waals surface area contributed by atoms with E-state index in [0.717, 1.165) is 12.8 Å². The van der Waals surface area contributed by atoms with Crippen LogP contribution in [0.5, 0.6) is 0 Å². The third-order valence-corrected chi connectivity index (χ3v) is 2.45. The van der Waals surface area contributed by atoms with Crippen molar-refractivity contribution >= 4 is 0 Å². The number of hydrogen-bond acceptors (Lipinski definition) is 1. The van der Waals surface area contributed by atoms with Gasteiger partial charge in [-0.1, -0.05) is 11.6 Å². The molecule has 0 spiro atoms. The van der Waals surface area contributed by atoms with Crippen LogP contribution in [0.2, 0.25) is 0 Å². The Bertz CT molecular complexity index is 162. The second kappa shape index (κ2) is 2.98. The molecule has 0 heterocycles. The minimum absolute atomic E-state index is 0.409. The van der Waals surface area contributed by atoms with Gasteiger partial charge in [0, 0.05) is 0 Å². The lowest BCUT2D eigenvalue weighted by atomic mass is 9.80. The summed E-state index contributed by atoms with van der Waals surface area (Å²) in [4.78, 5) is 0. The van der Waals surface area contributed by atoms with Crippen molar-refractivity contribution in [3.05, 3.63) is 18.1 Å². The fourth-order valence-electron chi connectivity index (χ4n) is 1.41. The summed E-state index contributed by atoms with van der Waals surface area (Å²) in [5.41, 5.74) is 0.832. The summed E-state index contributed by atoms with van der Waals surface area (Å²) in [6.45, 7) is 5.89. The molecule has 63 valence electrons. The van der Waals surface area contributed by atoms with Crippen LogP contribution in [0.25, 0.3) is 0 Å². The third-order valence-electron chi connectivity index (χ3n) is 2.45. The van der Waals surface area contributed by atoms with Crippen molar-refractivity contribution in [2.75, 3.05) is 0 Å². The Balaban J connectivity index is 2.54. The Kier molecular flexibility index (Phi) is 2.38. The van der Waals surface area contributed by atoms with Crippen LogP contribution < -0.4 is 0 Å². The molecule has 1 unspecified atom stereocenters. The topological polar surface area (TPSA) is 20.2 Å². The molecule has 0 saturated carbocycles. The van der Waals surface area contributed by atoms with Crippen LogP contribution in [0.3, 0.4) is 0 Å².